The Hall–Kier alpha value is -2.95. The second-order valence-electron chi connectivity index (χ2n) is 5.78. The molecule has 0 aliphatic rings. The molecule has 0 bridgehead atoms. The van der Waals surface area contributed by atoms with Gasteiger partial charge in [0.15, 0.2) is 0 Å². The van der Waals surface area contributed by atoms with Gasteiger partial charge in [-0.1, -0.05) is 24.3 Å². The van der Waals surface area contributed by atoms with Crippen LogP contribution in [0.2, 0.25) is 0 Å². The summed E-state index contributed by atoms with van der Waals surface area (Å²) in [5, 5.41) is 0. The summed E-state index contributed by atoms with van der Waals surface area (Å²) in [5.41, 5.74) is 1.80. The van der Waals surface area contributed by atoms with E-state index in [9.17, 15) is 13.6 Å². The molecule has 1 aromatic heterocycles. The fraction of sp³-hybridized carbons (Fsp3) is 0.150. The van der Waals surface area contributed by atoms with Gasteiger partial charge in [-0.3, -0.25) is 4.79 Å². The molecule has 0 N–H and O–H groups in total. The topological polar surface area (TPSA) is 31.2 Å². The molecule has 1 heterocycles. The van der Waals surface area contributed by atoms with E-state index in [0.717, 1.165) is 5.56 Å². The van der Waals surface area contributed by atoms with Gasteiger partial charge in [0.2, 0.25) is 0 Å². The minimum atomic E-state index is -0.332. The first-order valence-electron chi connectivity index (χ1n) is 7.84. The summed E-state index contributed by atoms with van der Waals surface area (Å²) in [5.74, 6) is -0.161. The Morgan fingerprint density at radius 3 is 2.44 bits per heavy atom. The molecule has 3 rings (SSSR count). The van der Waals surface area contributed by atoms with Gasteiger partial charge in [-0.15, -0.1) is 0 Å². The molecule has 0 amide bonds. The van der Waals surface area contributed by atoms with Crippen molar-refractivity contribution in [3.8, 4) is 5.75 Å². The van der Waals surface area contributed by atoms with E-state index in [1.807, 2.05) is 0 Å². The second kappa shape index (κ2) is 7.30. The van der Waals surface area contributed by atoms with Gasteiger partial charge in [-0.2, -0.15) is 0 Å². The van der Waals surface area contributed by atoms with Crippen molar-refractivity contribution in [3.63, 3.8) is 0 Å². The van der Waals surface area contributed by atoms with Crippen molar-refractivity contribution in [2.24, 2.45) is 0 Å². The fourth-order valence-electron chi connectivity index (χ4n) is 2.53. The first-order valence-corrected chi connectivity index (χ1v) is 7.84. The van der Waals surface area contributed by atoms with Gasteiger partial charge in [0.05, 0.1) is 12.1 Å². The summed E-state index contributed by atoms with van der Waals surface area (Å²) in [7, 11) is 0. The highest BCUT2D eigenvalue weighted by atomic mass is 19.1. The van der Waals surface area contributed by atoms with Crippen molar-refractivity contribution in [1.29, 1.82) is 0 Å². The summed E-state index contributed by atoms with van der Waals surface area (Å²) in [6.45, 7) is 2.22. The number of rotatable bonds is 5. The molecule has 5 heteroatoms. The zero-order valence-corrected chi connectivity index (χ0v) is 13.7. The van der Waals surface area contributed by atoms with Crippen LogP contribution in [0.4, 0.5) is 8.78 Å². The lowest BCUT2D eigenvalue weighted by Gasteiger charge is -2.12. The Morgan fingerprint density at radius 2 is 1.72 bits per heavy atom. The minimum Gasteiger partial charge on any atom is -0.488 e. The molecule has 128 valence electrons. The molecule has 0 radical (unpaired) electrons. The van der Waals surface area contributed by atoms with Crippen molar-refractivity contribution < 1.29 is 13.5 Å². The summed E-state index contributed by atoms with van der Waals surface area (Å²) >= 11 is 0. The van der Waals surface area contributed by atoms with Crippen LogP contribution in [0.3, 0.4) is 0 Å². The van der Waals surface area contributed by atoms with Crippen molar-refractivity contribution in [2.75, 3.05) is 0 Å². The first-order chi connectivity index (χ1) is 12.0. The largest absolute Gasteiger partial charge is 0.488 e. The van der Waals surface area contributed by atoms with Gasteiger partial charge < -0.3 is 9.30 Å². The van der Waals surface area contributed by atoms with Gasteiger partial charge in [0, 0.05) is 6.20 Å². The Morgan fingerprint density at radius 1 is 0.960 bits per heavy atom. The van der Waals surface area contributed by atoms with Crippen LogP contribution < -0.4 is 10.3 Å². The van der Waals surface area contributed by atoms with Crippen molar-refractivity contribution >= 4 is 0 Å². The van der Waals surface area contributed by atoms with Gasteiger partial charge in [-0.25, -0.2) is 8.78 Å². The molecule has 0 saturated carbocycles. The van der Waals surface area contributed by atoms with Gasteiger partial charge in [0.25, 0.3) is 5.56 Å². The molecule has 0 atom stereocenters. The third kappa shape index (κ3) is 4.12. The number of nitrogens with zero attached hydrogens (tertiary/aromatic N) is 1. The maximum absolute atomic E-state index is 13.3. The van der Waals surface area contributed by atoms with Crippen LogP contribution in [-0.4, -0.2) is 4.57 Å². The minimum absolute atomic E-state index is 0.194. The lowest BCUT2D eigenvalue weighted by molar-refractivity contribution is 0.302. The zero-order chi connectivity index (χ0) is 17.8. The molecule has 0 saturated heterocycles. The summed E-state index contributed by atoms with van der Waals surface area (Å²) in [6, 6.07) is 13.9. The average Bonchev–Trinajstić information content (AvgIpc) is 2.60. The van der Waals surface area contributed by atoms with Crippen LogP contribution in [0, 0.1) is 18.6 Å². The Labute approximate surface area is 144 Å². The highest BCUT2D eigenvalue weighted by Gasteiger charge is 2.08. The average molecular weight is 341 g/mol. The van der Waals surface area contributed by atoms with E-state index in [0.29, 0.717) is 16.9 Å². The summed E-state index contributed by atoms with van der Waals surface area (Å²) < 4.78 is 33.4. The van der Waals surface area contributed by atoms with Crippen LogP contribution in [-0.2, 0) is 13.2 Å². The standard InChI is InChI=1S/C20H17F2NO2/c1-14-19(25-13-15-5-7-17(21)8-6-15)9-10-23(20(14)24)12-16-3-2-4-18(22)11-16/h2-11H,12-13H2,1H3. The maximum atomic E-state index is 13.3. The molecule has 0 aliphatic carbocycles. The van der Waals surface area contributed by atoms with E-state index in [1.54, 1.807) is 43.5 Å². The smallest absolute Gasteiger partial charge is 0.257 e. The molecule has 3 nitrogen and oxygen atoms in total. The molecule has 3 aromatic rings. The van der Waals surface area contributed by atoms with Gasteiger partial charge >= 0.3 is 0 Å². The molecule has 0 spiro atoms. The fourth-order valence-corrected chi connectivity index (χ4v) is 2.53. The van der Waals surface area contributed by atoms with Crippen molar-refractivity contribution in [2.45, 2.75) is 20.1 Å². The lowest BCUT2D eigenvalue weighted by atomic mass is 10.2. The number of hydrogen-bond acceptors (Lipinski definition) is 2. The summed E-state index contributed by atoms with van der Waals surface area (Å²) in [4.78, 5) is 12.5. The number of ether oxygens (including phenoxy) is 1. The number of benzene rings is 2. The van der Waals surface area contributed by atoms with Gasteiger partial charge in [0.1, 0.15) is 24.0 Å². The molecule has 0 fully saturated rings. The normalized spacial score (nSPS) is 10.7. The van der Waals surface area contributed by atoms with E-state index in [4.69, 9.17) is 4.74 Å². The van der Waals surface area contributed by atoms with Crippen LogP contribution in [0.1, 0.15) is 16.7 Å². The van der Waals surface area contributed by atoms with E-state index in [-0.39, 0.29) is 30.3 Å². The molecule has 0 aliphatic heterocycles. The van der Waals surface area contributed by atoms with Crippen LogP contribution in [0.5, 0.6) is 5.75 Å². The third-order valence-corrected chi connectivity index (χ3v) is 3.91. The van der Waals surface area contributed by atoms with Crippen LogP contribution in [0.15, 0.2) is 65.6 Å². The second-order valence-corrected chi connectivity index (χ2v) is 5.78. The van der Waals surface area contributed by atoms with E-state index in [2.05, 4.69) is 0 Å². The van der Waals surface area contributed by atoms with Gasteiger partial charge in [-0.05, 0) is 48.4 Å². The Balaban J connectivity index is 1.75. The molecular formula is C20H17F2NO2. The van der Waals surface area contributed by atoms with Crippen molar-refractivity contribution in [3.05, 3.63) is 99.5 Å². The summed E-state index contributed by atoms with van der Waals surface area (Å²) in [6.07, 6.45) is 1.63. The number of halogens is 2. The number of hydrogen-bond donors (Lipinski definition) is 0. The Bertz CT molecular complexity index is 933. The third-order valence-electron chi connectivity index (χ3n) is 3.91. The highest BCUT2D eigenvalue weighted by Crippen LogP contribution is 2.16. The van der Waals surface area contributed by atoms with E-state index < -0.39 is 0 Å². The first kappa shape index (κ1) is 16.9. The van der Waals surface area contributed by atoms with E-state index in [1.165, 1.54) is 28.8 Å². The maximum Gasteiger partial charge on any atom is 0.257 e. The molecule has 2 aromatic carbocycles. The number of aromatic nitrogens is 1. The van der Waals surface area contributed by atoms with Crippen LogP contribution >= 0.6 is 0 Å². The predicted molar refractivity (Wildman–Crippen MR) is 91.7 cm³/mol. The molecule has 0 unspecified atom stereocenters. The molecular weight excluding hydrogens is 324 g/mol. The van der Waals surface area contributed by atoms with Crippen molar-refractivity contribution in [1.82, 2.24) is 4.57 Å². The predicted octanol–water partition coefficient (Wildman–Crippen LogP) is 4.06. The van der Waals surface area contributed by atoms with Crippen LogP contribution in [0.25, 0.3) is 0 Å². The SMILES string of the molecule is Cc1c(OCc2ccc(F)cc2)ccn(Cc2cccc(F)c2)c1=O. The zero-order valence-electron chi connectivity index (χ0n) is 13.7. The van der Waals surface area contributed by atoms with E-state index >= 15 is 0 Å². The number of pyridine rings is 1. The Kier molecular flexibility index (Phi) is 4.93. The lowest BCUT2D eigenvalue weighted by Crippen LogP contribution is -2.23. The highest BCUT2D eigenvalue weighted by molar-refractivity contribution is 5.30. The quantitative estimate of drug-likeness (QED) is 0.701. The monoisotopic (exact) mass is 341 g/mol. The molecule has 25 heavy (non-hydrogen) atoms.